The molecule has 0 unspecified atom stereocenters. The highest BCUT2D eigenvalue weighted by atomic mass is 16.5. The normalized spacial score (nSPS) is 13.0. The summed E-state index contributed by atoms with van der Waals surface area (Å²) in [6.07, 6.45) is 3.81. The van der Waals surface area contributed by atoms with Gasteiger partial charge in [0.05, 0.1) is 11.1 Å². The SMILES string of the molecule is CCN(Cc1ccccc1)C(=O)COC(=O)c1c2c(nc3ccccc13)CCCC2. The summed E-state index contributed by atoms with van der Waals surface area (Å²) in [6, 6.07) is 17.5. The van der Waals surface area contributed by atoms with E-state index in [0.717, 1.165) is 53.4 Å². The first-order valence-electron chi connectivity index (χ1n) is 10.6. The van der Waals surface area contributed by atoms with Crippen LogP contribution in [-0.4, -0.2) is 34.9 Å². The predicted octanol–water partition coefficient (Wildman–Crippen LogP) is 4.32. The van der Waals surface area contributed by atoms with Gasteiger partial charge in [-0.1, -0.05) is 48.5 Å². The molecule has 5 nitrogen and oxygen atoms in total. The first-order chi connectivity index (χ1) is 14.7. The molecule has 0 aliphatic heterocycles. The largest absolute Gasteiger partial charge is 0.452 e. The second kappa shape index (κ2) is 9.08. The van der Waals surface area contributed by atoms with Crippen molar-refractivity contribution in [2.75, 3.05) is 13.2 Å². The number of nitrogens with zero attached hydrogens (tertiary/aromatic N) is 2. The number of amides is 1. The summed E-state index contributed by atoms with van der Waals surface area (Å²) in [5.74, 6) is -0.627. The highest BCUT2D eigenvalue weighted by molar-refractivity contribution is 6.05. The smallest absolute Gasteiger partial charge is 0.339 e. The fourth-order valence-electron chi connectivity index (χ4n) is 4.08. The Morgan fingerprint density at radius 1 is 1.00 bits per heavy atom. The van der Waals surface area contributed by atoms with E-state index in [2.05, 4.69) is 0 Å². The molecule has 0 bridgehead atoms. The molecule has 0 N–H and O–H groups in total. The van der Waals surface area contributed by atoms with Crippen LogP contribution in [0.15, 0.2) is 54.6 Å². The number of esters is 1. The van der Waals surface area contributed by atoms with Crippen molar-refractivity contribution in [3.05, 3.63) is 77.0 Å². The number of rotatable bonds is 6. The van der Waals surface area contributed by atoms with E-state index in [0.29, 0.717) is 18.7 Å². The van der Waals surface area contributed by atoms with E-state index in [1.54, 1.807) is 4.90 Å². The van der Waals surface area contributed by atoms with Crippen LogP contribution in [0.2, 0.25) is 0 Å². The molecule has 3 aromatic rings. The molecule has 0 saturated heterocycles. The number of aryl methyl sites for hydroxylation is 1. The van der Waals surface area contributed by atoms with Crippen LogP contribution in [0.25, 0.3) is 10.9 Å². The van der Waals surface area contributed by atoms with Gasteiger partial charge in [-0.3, -0.25) is 9.78 Å². The zero-order valence-corrected chi connectivity index (χ0v) is 17.3. The Morgan fingerprint density at radius 3 is 2.53 bits per heavy atom. The number of hydrogen-bond acceptors (Lipinski definition) is 4. The second-order valence-electron chi connectivity index (χ2n) is 7.61. The molecule has 1 aromatic heterocycles. The van der Waals surface area contributed by atoms with Crippen molar-refractivity contribution in [2.24, 2.45) is 0 Å². The Kier molecular flexibility index (Phi) is 6.07. The Hall–Kier alpha value is -3.21. The fraction of sp³-hybridized carbons (Fsp3) is 0.320. The Balaban J connectivity index is 1.52. The molecule has 0 radical (unpaired) electrons. The van der Waals surface area contributed by atoms with Crippen LogP contribution in [0.4, 0.5) is 0 Å². The highest BCUT2D eigenvalue weighted by Crippen LogP contribution is 2.29. The molecule has 0 spiro atoms. The number of hydrogen-bond donors (Lipinski definition) is 0. The Morgan fingerprint density at radius 2 is 1.73 bits per heavy atom. The van der Waals surface area contributed by atoms with E-state index >= 15 is 0 Å². The van der Waals surface area contributed by atoms with Crippen LogP contribution < -0.4 is 0 Å². The van der Waals surface area contributed by atoms with Gasteiger partial charge in [0.25, 0.3) is 5.91 Å². The fourth-order valence-corrected chi connectivity index (χ4v) is 4.08. The van der Waals surface area contributed by atoms with Crippen molar-refractivity contribution in [2.45, 2.75) is 39.2 Å². The number of likely N-dealkylation sites (N-methyl/N-ethyl adjacent to an activating group) is 1. The number of carbonyl (C=O) groups excluding carboxylic acids is 2. The molecule has 0 saturated carbocycles. The third-order valence-electron chi connectivity index (χ3n) is 5.65. The maximum absolute atomic E-state index is 13.1. The lowest BCUT2D eigenvalue weighted by Crippen LogP contribution is -2.34. The van der Waals surface area contributed by atoms with Crippen LogP contribution in [0.5, 0.6) is 0 Å². The van der Waals surface area contributed by atoms with Crippen molar-refractivity contribution < 1.29 is 14.3 Å². The van der Waals surface area contributed by atoms with Crippen LogP contribution in [0.1, 0.15) is 46.9 Å². The molecule has 1 heterocycles. The van der Waals surface area contributed by atoms with E-state index in [9.17, 15) is 9.59 Å². The van der Waals surface area contributed by atoms with Gasteiger partial charge in [-0.05, 0) is 49.8 Å². The zero-order chi connectivity index (χ0) is 20.9. The molecule has 4 rings (SSSR count). The van der Waals surface area contributed by atoms with E-state index in [1.807, 2.05) is 61.5 Å². The first-order valence-corrected chi connectivity index (χ1v) is 10.6. The number of para-hydroxylation sites is 1. The average Bonchev–Trinajstić information content (AvgIpc) is 2.79. The van der Waals surface area contributed by atoms with Crippen molar-refractivity contribution in [3.8, 4) is 0 Å². The Bertz CT molecular complexity index is 1060. The molecule has 5 heteroatoms. The quantitative estimate of drug-likeness (QED) is 0.576. The maximum atomic E-state index is 13.1. The summed E-state index contributed by atoms with van der Waals surface area (Å²) < 4.78 is 5.53. The Labute approximate surface area is 176 Å². The number of fused-ring (bicyclic) bond motifs is 2. The maximum Gasteiger partial charge on any atom is 0.339 e. The van der Waals surface area contributed by atoms with Crippen molar-refractivity contribution >= 4 is 22.8 Å². The van der Waals surface area contributed by atoms with Gasteiger partial charge >= 0.3 is 5.97 Å². The van der Waals surface area contributed by atoms with Gasteiger partial charge in [0.2, 0.25) is 0 Å². The number of benzene rings is 2. The third kappa shape index (κ3) is 4.20. The lowest BCUT2D eigenvalue weighted by Gasteiger charge is -2.22. The van der Waals surface area contributed by atoms with Crippen molar-refractivity contribution in [1.82, 2.24) is 9.88 Å². The van der Waals surface area contributed by atoms with Gasteiger partial charge in [-0.25, -0.2) is 4.79 Å². The topological polar surface area (TPSA) is 59.5 Å². The number of carbonyl (C=O) groups is 2. The third-order valence-corrected chi connectivity index (χ3v) is 5.65. The summed E-state index contributed by atoms with van der Waals surface area (Å²) in [6.45, 7) is 2.72. The molecule has 30 heavy (non-hydrogen) atoms. The molecule has 1 amide bonds. The number of aromatic nitrogens is 1. The number of pyridine rings is 1. The minimum absolute atomic E-state index is 0.193. The summed E-state index contributed by atoms with van der Waals surface area (Å²) in [5.41, 5.74) is 4.39. The summed E-state index contributed by atoms with van der Waals surface area (Å²) >= 11 is 0. The first kappa shape index (κ1) is 20.1. The average molecular weight is 402 g/mol. The second-order valence-corrected chi connectivity index (χ2v) is 7.61. The van der Waals surface area contributed by atoms with Gasteiger partial charge < -0.3 is 9.64 Å². The predicted molar refractivity (Wildman–Crippen MR) is 116 cm³/mol. The summed E-state index contributed by atoms with van der Waals surface area (Å²) in [4.78, 5) is 32.2. The van der Waals surface area contributed by atoms with Gasteiger partial charge in [0.15, 0.2) is 6.61 Å². The molecule has 0 atom stereocenters. The molecular weight excluding hydrogens is 376 g/mol. The molecule has 1 aliphatic carbocycles. The van der Waals surface area contributed by atoms with E-state index in [4.69, 9.17) is 9.72 Å². The molecule has 0 fully saturated rings. The van der Waals surface area contributed by atoms with E-state index < -0.39 is 5.97 Å². The highest BCUT2D eigenvalue weighted by Gasteiger charge is 2.24. The molecule has 2 aromatic carbocycles. The molecular formula is C25H26N2O3. The number of ether oxygens (including phenoxy) is 1. The van der Waals surface area contributed by atoms with Crippen LogP contribution in [-0.2, 0) is 28.9 Å². The van der Waals surface area contributed by atoms with Crippen LogP contribution >= 0.6 is 0 Å². The van der Waals surface area contributed by atoms with Crippen molar-refractivity contribution in [3.63, 3.8) is 0 Å². The molecule has 154 valence electrons. The standard InChI is InChI=1S/C25H26N2O3/c1-2-27(16-18-10-4-3-5-11-18)23(28)17-30-25(29)24-19-12-6-8-14-21(19)26-22-15-9-7-13-20(22)24/h3-6,8,10-12,14H,2,7,9,13,15-17H2,1H3. The lowest BCUT2D eigenvalue weighted by molar-refractivity contribution is -0.134. The lowest BCUT2D eigenvalue weighted by atomic mass is 9.90. The summed E-state index contributed by atoms with van der Waals surface area (Å²) in [5, 5.41) is 0.798. The van der Waals surface area contributed by atoms with Gasteiger partial charge in [-0.2, -0.15) is 0 Å². The van der Waals surface area contributed by atoms with Gasteiger partial charge in [0, 0.05) is 24.2 Å². The van der Waals surface area contributed by atoms with Gasteiger partial charge in [-0.15, -0.1) is 0 Å². The molecule has 1 aliphatic rings. The van der Waals surface area contributed by atoms with Gasteiger partial charge in [0.1, 0.15) is 0 Å². The summed E-state index contributed by atoms with van der Waals surface area (Å²) in [7, 11) is 0. The van der Waals surface area contributed by atoms with E-state index in [-0.39, 0.29) is 12.5 Å². The van der Waals surface area contributed by atoms with Crippen molar-refractivity contribution in [1.29, 1.82) is 0 Å². The monoisotopic (exact) mass is 402 g/mol. The minimum atomic E-state index is -0.434. The van der Waals surface area contributed by atoms with E-state index in [1.165, 1.54) is 0 Å². The minimum Gasteiger partial charge on any atom is -0.452 e. The van der Waals surface area contributed by atoms with Crippen LogP contribution in [0, 0.1) is 0 Å². The van der Waals surface area contributed by atoms with Crippen LogP contribution in [0.3, 0.4) is 0 Å². The zero-order valence-electron chi connectivity index (χ0n) is 17.3.